The molecule has 12 heteroatoms. The van der Waals surface area contributed by atoms with Crippen molar-refractivity contribution in [3.8, 4) is 0 Å². The molecular weight excluding hydrogens is 504 g/mol. The van der Waals surface area contributed by atoms with E-state index in [0.29, 0.717) is 12.2 Å². The molecule has 2 rings (SSSR count). The Morgan fingerprint density at radius 3 is 2.31 bits per heavy atom. The van der Waals surface area contributed by atoms with Crippen LogP contribution in [-0.2, 0) is 28.7 Å². The lowest BCUT2D eigenvalue weighted by Gasteiger charge is -2.27. The predicted octanol–water partition coefficient (Wildman–Crippen LogP) is 1.59. The van der Waals surface area contributed by atoms with Crippen LogP contribution in [0.15, 0.2) is 23.9 Å². The smallest absolute Gasteiger partial charge is 0.329 e. The molecule has 10 nitrogen and oxygen atoms in total. The quantitative estimate of drug-likeness (QED) is 0.179. The van der Waals surface area contributed by atoms with Crippen molar-refractivity contribution in [3.05, 3.63) is 29.7 Å². The number of ether oxygens (including phenoxy) is 1. The lowest BCUT2D eigenvalue weighted by molar-refractivity contribution is -0.153. The van der Waals surface area contributed by atoms with Gasteiger partial charge in [0, 0.05) is 5.75 Å². The van der Waals surface area contributed by atoms with E-state index in [1.54, 1.807) is 46.4 Å². The van der Waals surface area contributed by atoms with Gasteiger partial charge in [-0.05, 0) is 31.3 Å². The van der Waals surface area contributed by atoms with Gasteiger partial charge in [-0.1, -0.05) is 61.4 Å². The topological polar surface area (TPSA) is 143 Å². The van der Waals surface area contributed by atoms with Gasteiger partial charge in [0.15, 0.2) is 0 Å². The summed E-state index contributed by atoms with van der Waals surface area (Å²) in [6, 6.07) is -3.02. The molecular formula is C24H35N4O6S2. The Labute approximate surface area is 220 Å². The van der Waals surface area contributed by atoms with Gasteiger partial charge in [-0.15, -0.1) is 0 Å². The molecule has 4 amide bonds. The summed E-state index contributed by atoms with van der Waals surface area (Å²) in [7, 11) is 2.77. The van der Waals surface area contributed by atoms with Crippen LogP contribution in [0.1, 0.15) is 47.5 Å². The van der Waals surface area contributed by atoms with Crippen molar-refractivity contribution in [1.29, 1.82) is 0 Å². The lowest BCUT2D eigenvalue weighted by Crippen LogP contribution is -2.56. The molecule has 0 aromatic carbocycles. The van der Waals surface area contributed by atoms with Gasteiger partial charge >= 0.3 is 5.97 Å². The Hall–Kier alpha value is -2.47. The first kappa shape index (κ1) is 29.8. The number of hydrogen-bond donors (Lipinski definition) is 4. The zero-order chi connectivity index (χ0) is 26.8. The third-order valence-electron chi connectivity index (χ3n) is 5.48. The maximum absolute atomic E-state index is 13.1. The Balaban J connectivity index is 2.55. The molecule has 0 aromatic rings. The molecule has 1 radical (unpaired) electrons. The molecule has 4 N–H and O–H groups in total. The number of carbonyl (C=O) groups is 5. The van der Waals surface area contributed by atoms with Crippen LogP contribution in [-0.4, -0.2) is 59.6 Å². The molecule has 2 bridgehead atoms. The van der Waals surface area contributed by atoms with Crippen molar-refractivity contribution in [2.24, 2.45) is 11.8 Å². The van der Waals surface area contributed by atoms with Gasteiger partial charge in [-0.2, -0.15) is 0 Å². The molecule has 2 aliphatic heterocycles. The van der Waals surface area contributed by atoms with E-state index in [1.165, 1.54) is 27.7 Å². The highest BCUT2D eigenvalue weighted by atomic mass is 33.1. The summed E-state index contributed by atoms with van der Waals surface area (Å²) in [5.41, 5.74) is -0.0645. The average Bonchev–Trinajstić information content (AvgIpc) is 2.81. The van der Waals surface area contributed by atoms with Crippen molar-refractivity contribution in [3.63, 3.8) is 0 Å². The van der Waals surface area contributed by atoms with Gasteiger partial charge < -0.3 is 26.0 Å². The Morgan fingerprint density at radius 2 is 1.67 bits per heavy atom. The van der Waals surface area contributed by atoms with Crippen molar-refractivity contribution in [2.45, 2.75) is 71.7 Å². The fourth-order valence-electron chi connectivity index (χ4n) is 3.42. The predicted molar refractivity (Wildman–Crippen MR) is 140 cm³/mol. The molecule has 0 spiro atoms. The SMILES string of the molecule is C/C=C1\NC(=O)C2[CH]SSCC/C=C/[C@H](CC(=O)NC(C(C)C)C(=O)N2)OC(=O)[C@H](C(C)C)NC1=O. The van der Waals surface area contributed by atoms with E-state index in [9.17, 15) is 24.0 Å². The summed E-state index contributed by atoms with van der Waals surface area (Å²) in [6.45, 7) is 8.62. The number of nitrogens with one attached hydrogen (secondary N) is 4. The second-order valence-electron chi connectivity index (χ2n) is 9.11. The number of rotatable bonds is 2. The minimum Gasteiger partial charge on any atom is -0.456 e. The third kappa shape index (κ3) is 8.88. The first-order valence-corrected chi connectivity index (χ1v) is 14.3. The second-order valence-corrected chi connectivity index (χ2v) is 11.5. The molecule has 0 aliphatic carbocycles. The van der Waals surface area contributed by atoms with Crippen molar-refractivity contribution >= 4 is 51.2 Å². The van der Waals surface area contributed by atoms with Crippen LogP contribution in [0.5, 0.6) is 0 Å². The summed E-state index contributed by atoms with van der Waals surface area (Å²) < 4.78 is 5.64. The Kier molecular flexibility index (Phi) is 11.8. The van der Waals surface area contributed by atoms with E-state index in [0.717, 1.165) is 0 Å². The van der Waals surface area contributed by atoms with Crippen LogP contribution in [0.25, 0.3) is 0 Å². The van der Waals surface area contributed by atoms with Crippen LogP contribution in [0.4, 0.5) is 0 Å². The second kappa shape index (κ2) is 14.3. The molecule has 2 unspecified atom stereocenters. The van der Waals surface area contributed by atoms with Crippen molar-refractivity contribution in [1.82, 2.24) is 21.3 Å². The molecule has 2 heterocycles. The zero-order valence-corrected chi connectivity index (χ0v) is 22.8. The molecule has 0 saturated carbocycles. The van der Waals surface area contributed by atoms with Crippen LogP contribution in [0.3, 0.4) is 0 Å². The molecule has 1 saturated heterocycles. The highest BCUT2D eigenvalue weighted by molar-refractivity contribution is 8.77. The number of amides is 4. The van der Waals surface area contributed by atoms with Gasteiger partial charge in [0.05, 0.1) is 12.2 Å². The number of hydrogen-bond acceptors (Lipinski definition) is 8. The third-order valence-corrected chi connectivity index (χ3v) is 7.64. The van der Waals surface area contributed by atoms with Gasteiger partial charge in [0.25, 0.3) is 5.91 Å². The van der Waals surface area contributed by atoms with E-state index in [4.69, 9.17) is 4.74 Å². The van der Waals surface area contributed by atoms with Crippen LogP contribution >= 0.6 is 21.6 Å². The Morgan fingerprint density at radius 1 is 0.972 bits per heavy atom. The number of allylic oxidation sites excluding steroid dienone is 2. The maximum Gasteiger partial charge on any atom is 0.329 e. The lowest BCUT2D eigenvalue weighted by atomic mass is 10.0. The number of carbonyl (C=O) groups excluding carboxylic acids is 5. The zero-order valence-electron chi connectivity index (χ0n) is 21.2. The van der Waals surface area contributed by atoms with Gasteiger partial charge in [-0.3, -0.25) is 19.2 Å². The molecule has 36 heavy (non-hydrogen) atoms. The summed E-state index contributed by atoms with van der Waals surface area (Å²) in [4.78, 5) is 65.1. The first-order chi connectivity index (χ1) is 17.0. The summed E-state index contributed by atoms with van der Waals surface area (Å²) in [5.74, 6) is -1.38. The van der Waals surface area contributed by atoms with E-state index in [-0.39, 0.29) is 24.0 Å². The minimum atomic E-state index is -1.08. The maximum atomic E-state index is 13.1. The number of fused-ring (bicyclic) bond motifs is 7. The standard InChI is InChI=1S/C24H35N4O6S2/c1-6-16-21(30)28-20(14(4)5)24(33)34-15-9-7-8-10-35-36-12-17(22(31)25-16)26-23(32)19(13(2)3)27-18(29)11-15/h6-7,9,12-15,17,19-20H,8,10-11H2,1-5H3,(H,25,31)(H,26,32)(H,27,29)(H,28,30)/b9-7+,16-6-/t15-,17?,19?,20+/m1/s1. The van der Waals surface area contributed by atoms with Gasteiger partial charge in [0.1, 0.15) is 29.9 Å². The molecule has 4 atom stereocenters. The first-order valence-electron chi connectivity index (χ1n) is 11.9. The summed E-state index contributed by atoms with van der Waals surface area (Å²) >= 11 is 0. The normalized spacial score (nSPS) is 29.6. The largest absolute Gasteiger partial charge is 0.456 e. The van der Waals surface area contributed by atoms with E-state index in [1.807, 2.05) is 6.08 Å². The molecule has 0 aromatic heterocycles. The van der Waals surface area contributed by atoms with E-state index in [2.05, 4.69) is 21.3 Å². The van der Waals surface area contributed by atoms with Crippen LogP contribution in [0.2, 0.25) is 0 Å². The van der Waals surface area contributed by atoms with Crippen LogP contribution in [0, 0.1) is 17.6 Å². The van der Waals surface area contributed by atoms with Crippen molar-refractivity contribution in [2.75, 3.05) is 5.75 Å². The summed E-state index contributed by atoms with van der Waals surface area (Å²) in [6.07, 6.45) is 4.44. The van der Waals surface area contributed by atoms with Crippen LogP contribution < -0.4 is 21.3 Å². The fourth-order valence-corrected chi connectivity index (χ4v) is 5.28. The average molecular weight is 540 g/mol. The fraction of sp³-hybridized carbons (Fsp3) is 0.583. The Bertz CT molecular complexity index is 905. The molecule has 2 aliphatic rings. The van der Waals surface area contributed by atoms with E-state index >= 15 is 0 Å². The molecule has 199 valence electrons. The van der Waals surface area contributed by atoms with Gasteiger partial charge in [0.2, 0.25) is 17.7 Å². The number of esters is 1. The van der Waals surface area contributed by atoms with Gasteiger partial charge in [-0.25, -0.2) is 4.79 Å². The van der Waals surface area contributed by atoms with Crippen molar-refractivity contribution < 1.29 is 28.7 Å². The highest BCUT2D eigenvalue weighted by Gasteiger charge is 2.33. The monoisotopic (exact) mass is 539 g/mol. The highest BCUT2D eigenvalue weighted by Crippen LogP contribution is 2.27. The minimum absolute atomic E-state index is 0.0645. The summed E-state index contributed by atoms with van der Waals surface area (Å²) in [5, 5.41) is 10.6. The molecule has 1 fully saturated rings. The van der Waals surface area contributed by atoms with E-state index < -0.39 is 53.8 Å².